The van der Waals surface area contributed by atoms with Crippen LogP contribution < -0.4 is 10.6 Å². The molecule has 0 aliphatic carbocycles. The number of carbonyl (C=O) groups excluding carboxylic acids is 2. The molecule has 5 nitrogen and oxygen atoms in total. The number of nitrogens with one attached hydrogen (secondary N) is 2. The minimum atomic E-state index is -1.04. The van der Waals surface area contributed by atoms with Gasteiger partial charge >= 0.3 is 0 Å². The highest BCUT2D eigenvalue weighted by molar-refractivity contribution is 6.30. The predicted octanol–water partition coefficient (Wildman–Crippen LogP) is 1.01. The molecule has 0 aromatic heterocycles. The maximum Gasteiger partial charge on any atom is 0.235 e. The normalized spacial score (nSPS) is 23.9. The molecule has 1 fully saturated rings. The van der Waals surface area contributed by atoms with Crippen LogP contribution in [0.25, 0.3) is 0 Å². The van der Waals surface area contributed by atoms with Crippen LogP contribution in [0, 0.1) is 5.92 Å². The largest absolute Gasteiger partial charge is 0.392 e. The standard InChI is InChI=1S/C14H17ClN2O3/c1-8(9-2-4-10(15)5-3-9)17-14(20)12-11(18)6-7-16-13(12)19/h2-5,8,11-12,18H,6-7H2,1H3,(H,16,19)(H,17,20). The van der Waals surface area contributed by atoms with E-state index in [0.29, 0.717) is 18.0 Å². The molecule has 108 valence electrons. The molecule has 2 rings (SSSR count). The van der Waals surface area contributed by atoms with Gasteiger partial charge in [-0.2, -0.15) is 0 Å². The third kappa shape index (κ3) is 3.29. The van der Waals surface area contributed by atoms with Gasteiger partial charge in [-0.05, 0) is 31.0 Å². The maximum absolute atomic E-state index is 12.1. The van der Waals surface area contributed by atoms with Gasteiger partial charge in [0.25, 0.3) is 0 Å². The minimum absolute atomic E-state index is 0.262. The van der Waals surface area contributed by atoms with Gasteiger partial charge in [-0.25, -0.2) is 0 Å². The lowest BCUT2D eigenvalue weighted by molar-refractivity contribution is -0.142. The molecular weight excluding hydrogens is 280 g/mol. The van der Waals surface area contributed by atoms with E-state index in [1.807, 2.05) is 19.1 Å². The van der Waals surface area contributed by atoms with Crippen LogP contribution in [0.15, 0.2) is 24.3 Å². The molecule has 0 bridgehead atoms. The molecule has 0 radical (unpaired) electrons. The Morgan fingerprint density at radius 1 is 1.45 bits per heavy atom. The zero-order valence-corrected chi connectivity index (χ0v) is 11.9. The summed E-state index contributed by atoms with van der Waals surface area (Å²) in [5.74, 6) is -1.93. The van der Waals surface area contributed by atoms with E-state index in [1.165, 1.54) is 0 Å². The van der Waals surface area contributed by atoms with E-state index >= 15 is 0 Å². The van der Waals surface area contributed by atoms with E-state index in [4.69, 9.17) is 11.6 Å². The fourth-order valence-corrected chi connectivity index (χ4v) is 2.35. The molecule has 0 spiro atoms. The Kier molecular flexibility index (Phi) is 4.62. The summed E-state index contributed by atoms with van der Waals surface area (Å²) in [5, 5.41) is 15.7. The lowest BCUT2D eigenvalue weighted by Gasteiger charge is -2.27. The zero-order valence-electron chi connectivity index (χ0n) is 11.1. The number of amides is 2. The minimum Gasteiger partial charge on any atom is -0.392 e. The SMILES string of the molecule is CC(NC(=O)C1C(=O)NCCC1O)c1ccc(Cl)cc1. The summed E-state index contributed by atoms with van der Waals surface area (Å²) < 4.78 is 0. The summed E-state index contributed by atoms with van der Waals surface area (Å²) in [5.41, 5.74) is 0.883. The number of hydrogen-bond donors (Lipinski definition) is 3. The van der Waals surface area contributed by atoms with Gasteiger partial charge in [0.1, 0.15) is 5.92 Å². The van der Waals surface area contributed by atoms with Gasteiger partial charge in [-0.15, -0.1) is 0 Å². The lowest BCUT2D eigenvalue weighted by atomic mass is 9.93. The molecular formula is C14H17ClN2O3. The predicted molar refractivity (Wildman–Crippen MR) is 75.1 cm³/mol. The number of benzene rings is 1. The number of hydrogen-bond acceptors (Lipinski definition) is 3. The number of aliphatic hydroxyl groups is 1. The Hall–Kier alpha value is -1.59. The first-order valence-corrected chi connectivity index (χ1v) is 6.88. The highest BCUT2D eigenvalue weighted by Crippen LogP contribution is 2.18. The van der Waals surface area contributed by atoms with Crippen LogP contribution in [0.3, 0.4) is 0 Å². The Morgan fingerprint density at radius 2 is 2.10 bits per heavy atom. The third-order valence-corrected chi connectivity index (χ3v) is 3.67. The van der Waals surface area contributed by atoms with Gasteiger partial charge in [0.2, 0.25) is 11.8 Å². The number of rotatable bonds is 3. The summed E-state index contributed by atoms with van der Waals surface area (Å²) in [4.78, 5) is 23.8. The Morgan fingerprint density at radius 3 is 2.70 bits per heavy atom. The van der Waals surface area contributed by atoms with Crippen LogP contribution in [-0.4, -0.2) is 29.6 Å². The van der Waals surface area contributed by atoms with Crippen LogP contribution in [0.4, 0.5) is 0 Å². The van der Waals surface area contributed by atoms with Crippen molar-refractivity contribution in [1.82, 2.24) is 10.6 Å². The number of aliphatic hydroxyl groups excluding tert-OH is 1. The lowest BCUT2D eigenvalue weighted by Crippen LogP contribution is -2.52. The highest BCUT2D eigenvalue weighted by Gasteiger charge is 2.37. The molecule has 3 atom stereocenters. The molecule has 0 saturated carbocycles. The Balaban J connectivity index is 2.03. The van der Waals surface area contributed by atoms with E-state index in [1.54, 1.807) is 12.1 Å². The quantitative estimate of drug-likeness (QED) is 0.729. The van der Waals surface area contributed by atoms with Gasteiger partial charge in [0.05, 0.1) is 12.1 Å². The van der Waals surface area contributed by atoms with Crippen molar-refractivity contribution < 1.29 is 14.7 Å². The van der Waals surface area contributed by atoms with Crippen LogP contribution in [0.1, 0.15) is 24.9 Å². The third-order valence-electron chi connectivity index (χ3n) is 3.42. The van der Waals surface area contributed by atoms with Gasteiger partial charge in [-0.3, -0.25) is 9.59 Å². The number of piperidine rings is 1. The molecule has 3 N–H and O–H groups in total. The van der Waals surface area contributed by atoms with Crippen molar-refractivity contribution in [2.75, 3.05) is 6.54 Å². The maximum atomic E-state index is 12.1. The second kappa shape index (κ2) is 6.24. The molecule has 1 aromatic carbocycles. The first-order valence-electron chi connectivity index (χ1n) is 6.50. The fourth-order valence-electron chi connectivity index (χ4n) is 2.23. The van der Waals surface area contributed by atoms with Gasteiger partial charge < -0.3 is 15.7 Å². The monoisotopic (exact) mass is 296 g/mol. The smallest absolute Gasteiger partial charge is 0.235 e. The molecule has 1 aliphatic heterocycles. The average molecular weight is 297 g/mol. The summed E-state index contributed by atoms with van der Waals surface area (Å²) in [6.07, 6.45) is -0.541. The fraction of sp³-hybridized carbons (Fsp3) is 0.429. The average Bonchev–Trinajstić information content (AvgIpc) is 2.39. The second-order valence-electron chi connectivity index (χ2n) is 4.91. The Bertz CT molecular complexity index is 504. The topological polar surface area (TPSA) is 78.4 Å². The molecule has 6 heteroatoms. The summed E-state index contributed by atoms with van der Waals surface area (Å²) in [7, 11) is 0. The van der Waals surface area contributed by atoms with Gasteiger partial charge in [-0.1, -0.05) is 23.7 Å². The Labute approximate surface area is 122 Å². The molecule has 20 heavy (non-hydrogen) atoms. The molecule has 1 aromatic rings. The van der Waals surface area contributed by atoms with Crippen molar-refractivity contribution in [1.29, 1.82) is 0 Å². The van der Waals surface area contributed by atoms with Crippen molar-refractivity contribution in [2.24, 2.45) is 5.92 Å². The number of carbonyl (C=O) groups is 2. The van der Waals surface area contributed by atoms with Crippen LogP contribution in [0.2, 0.25) is 5.02 Å². The van der Waals surface area contributed by atoms with Gasteiger partial charge in [0.15, 0.2) is 0 Å². The highest BCUT2D eigenvalue weighted by atomic mass is 35.5. The molecule has 1 aliphatic rings. The van der Waals surface area contributed by atoms with Crippen LogP contribution in [-0.2, 0) is 9.59 Å². The van der Waals surface area contributed by atoms with Crippen molar-refractivity contribution in [3.05, 3.63) is 34.9 Å². The molecule has 3 unspecified atom stereocenters. The second-order valence-corrected chi connectivity index (χ2v) is 5.34. The first-order chi connectivity index (χ1) is 9.49. The van der Waals surface area contributed by atoms with E-state index in [2.05, 4.69) is 10.6 Å². The van der Waals surface area contributed by atoms with E-state index < -0.39 is 23.8 Å². The summed E-state index contributed by atoms with van der Waals surface area (Å²) >= 11 is 5.81. The van der Waals surface area contributed by atoms with E-state index in [-0.39, 0.29) is 6.04 Å². The van der Waals surface area contributed by atoms with E-state index in [0.717, 1.165) is 5.56 Å². The molecule has 2 amide bonds. The molecule has 1 heterocycles. The van der Waals surface area contributed by atoms with E-state index in [9.17, 15) is 14.7 Å². The van der Waals surface area contributed by atoms with Crippen molar-refractivity contribution >= 4 is 23.4 Å². The van der Waals surface area contributed by atoms with Crippen molar-refractivity contribution in [3.63, 3.8) is 0 Å². The number of halogens is 1. The van der Waals surface area contributed by atoms with Crippen LogP contribution in [0.5, 0.6) is 0 Å². The zero-order chi connectivity index (χ0) is 14.7. The van der Waals surface area contributed by atoms with Gasteiger partial charge in [0, 0.05) is 11.6 Å². The van der Waals surface area contributed by atoms with Crippen molar-refractivity contribution in [2.45, 2.75) is 25.5 Å². The first kappa shape index (κ1) is 14.8. The van der Waals surface area contributed by atoms with Crippen LogP contribution >= 0.6 is 11.6 Å². The molecule has 1 saturated heterocycles. The van der Waals surface area contributed by atoms with Crippen molar-refractivity contribution in [3.8, 4) is 0 Å². The summed E-state index contributed by atoms with van der Waals surface area (Å²) in [6.45, 7) is 2.21. The summed E-state index contributed by atoms with van der Waals surface area (Å²) in [6, 6.07) is 6.83.